The van der Waals surface area contributed by atoms with Crippen LogP contribution in [0.1, 0.15) is 56.7 Å². The number of aliphatic hydroxyl groups is 1. The zero-order valence-electron chi connectivity index (χ0n) is 22.2. The molecule has 3 atom stereocenters. The van der Waals surface area contributed by atoms with Crippen LogP contribution in [0.5, 0.6) is 0 Å². The number of aromatic nitrogens is 6. The van der Waals surface area contributed by atoms with Gasteiger partial charge in [0.2, 0.25) is 5.95 Å². The van der Waals surface area contributed by atoms with Crippen LogP contribution in [0.2, 0.25) is 0 Å². The Balaban J connectivity index is 1.58. The first kappa shape index (κ1) is 27.2. The van der Waals surface area contributed by atoms with Crippen LogP contribution in [-0.4, -0.2) is 66.6 Å². The van der Waals surface area contributed by atoms with E-state index in [2.05, 4.69) is 20.4 Å². The van der Waals surface area contributed by atoms with E-state index >= 15 is 0 Å². The summed E-state index contributed by atoms with van der Waals surface area (Å²) in [6.07, 6.45) is 0.119. The van der Waals surface area contributed by atoms with Gasteiger partial charge in [-0.15, -0.1) is 5.10 Å². The lowest BCUT2D eigenvalue weighted by atomic mass is 9.93. The molecule has 40 heavy (non-hydrogen) atoms. The molecule has 0 radical (unpaired) electrons. The maximum Gasteiger partial charge on any atom is 0.420 e. The van der Waals surface area contributed by atoms with E-state index < -0.39 is 31.2 Å². The number of hydrogen-bond acceptors (Lipinski definition) is 8. The predicted molar refractivity (Wildman–Crippen MR) is 144 cm³/mol. The standard InChI is InChI=1S/C26H31F3N7O3P/c1-40(2,38)20-11-6-9-18-21-23(33-36(24(21)34-35(18)20)19-10-3-4-12-39-19)22-17(26(27,28)29)14-30-25(32-22)31-15-7-5-8-16(37)13-15/h6,9,11,14-16,19,37H,3-5,7-8,10,12-13H2,1-2H3,(H,30,31,32)/t15-,16-,19?/m0/s1. The van der Waals surface area contributed by atoms with Crippen molar-refractivity contribution in [2.24, 2.45) is 0 Å². The quantitative estimate of drug-likeness (QED) is 0.324. The van der Waals surface area contributed by atoms with E-state index in [-0.39, 0.29) is 23.4 Å². The maximum atomic E-state index is 14.3. The number of nitrogens with one attached hydrogen (secondary N) is 1. The molecule has 5 heterocycles. The molecule has 1 saturated carbocycles. The smallest absolute Gasteiger partial charge is 0.393 e. The highest BCUT2D eigenvalue weighted by Crippen LogP contribution is 2.42. The van der Waals surface area contributed by atoms with Gasteiger partial charge in [0.25, 0.3) is 0 Å². The Morgan fingerprint density at radius 3 is 2.62 bits per heavy atom. The van der Waals surface area contributed by atoms with Crippen LogP contribution >= 0.6 is 7.14 Å². The third-order valence-electron chi connectivity index (χ3n) is 7.56. The molecule has 2 fully saturated rings. The Morgan fingerprint density at radius 1 is 1.10 bits per heavy atom. The second kappa shape index (κ2) is 10.1. The number of anilines is 1. The molecule has 1 aliphatic heterocycles. The van der Waals surface area contributed by atoms with Crippen molar-refractivity contribution in [1.82, 2.24) is 29.4 Å². The van der Waals surface area contributed by atoms with E-state index in [1.54, 1.807) is 31.5 Å². The molecule has 0 spiro atoms. The fourth-order valence-corrected chi connectivity index (χ4v) is 6.70. The topological polar surface area (TPSA) is 119 Å². The van der Waals surface area contributed by atoms with Crippen LogP contribution in [0, 0.1) is 0 Å². The molecule has 14 heteroatoms. The zero-order chi connectivity index (χ0) is 28.2. The number of hydrogen-bond donors (Lipinski definition) is 2. The van der Waals surface area contributed by atoms with E-state index in [1.807, 2.05) is 0 Å². The number of nitrogens with zero attached hydrogens (tertiary/aromatic N) is 6. The van der Waals surface area contributed by atoms with E-state index in [1.165, 1.54) is 9.20 Å². The van der Waals surface area contributed by atoms with Gasteiger partial charge in [0.05, 0.1) is 17.0 Å². The average molecular weight is 578 g/mol. The van der Waals surface area contributed by atoms with E-state index in [0.29, 0.717) is 47.9 Å². The minimum absolute atomic E-state index is 0.000171. The van der Waals surface area contributed by atoms with Crippen molar-refractivity contribution in [1.29, 1.82) is 0 Å². The van der Waals surface area contributed by atoms with E-state index in [4.69, 9.17) is 9.84 Å². The highest BCUT2D eigenvalue weighted by atomic mass is 31.2. The summed E-state index contributed by atoms with van der Waals surface area (Å²) in [6.45, 7) is 3.75. The minimum atomic E-state index is -4.75. The Hall–Kier alpha value is -3.02. The molecule has 0 amide bonds. The minimum Gasteiger partial charge on any atom is -0.393 e. The molecule has 214 valence electrons. The van der Waals surface area contributed by atoms with E-state index in [9.17, 15) is 22.8 Å². The fraction of sp³-hybridized carbons (Fsp3) is 0.538. The molecule has 0 aromatic carbocycles. The van der Waals surface area contributed by atoms with Gasteiger partial charge in [-0.2, -0.15) is 18.3 Å². The number of aliphatic hydroxyl groups excluding tert-OH is 1. The summed E-state index contributed by atoms with van der Waals surface area (Å²) in [5.41, 5.74) is -0.119. The van der Waals surface area contributed by atoms with Gasteiger partial charge in [-0.05, 0) is 70.4 Å². The lowest BCUT2D eigenvalue weighted by Crippen LogP contribution is -2.30. The van der Waals surface area contributed by atoms with Crippen molar-refractivity contribution < 1.29 is 27.6 Å². The number of fused-ring (bicyclic) bond motifs is 3. The van der Waals surface area contributed by atoms with Crippen LogP contribution < -0.4 is 10.8 Å². The van der Waals surface area contributed by atoms with Crippen LogP contribution in [0.15, 0.2) is 24.4 Å². The Bertz CT molecular complexity index is 1610. The molecule has 0 bridgehead atoms. The number of alkyl halides is 3. The first-order valence-corrected chi connectivity index (χ1v) is 16.1. The second-order valence-electron chi connectivity index (χ2n) is 11.0. The summed E-state index contributed by atoms with van der Waals surface area (Å²) in [7, 11) is -2.80. The van der Waals surface area contributed by atoms with Gasteiger partial charge in [0, 0.05) is 18.8 Å². The SMILES string of the molecule is CP(C)(=O)c1cccc2c3c(-c4nc(N[C@H]5CCC[C@H](O)C5)ncc4C(F)(F)F)nn(C4CCCCO4)c3nn12. The number of pyridine rings is 1. The molecular formula is C26H31F3N7O3P. The summed E-state index contributed by atoms with van der Waals surface area (Å²) >= 11 is 0. The van der Waals surface area contributed by atoms with Gasteiger partial charge < -0.3 is 19.7 Å². The molecule has 4 aromatic rings. The third kappa shape index (κ3) is 4.99. The van der Waals surface area contributed by atoms with Crippen LogP contribution in [0.3, 0.4) is 0 Å². The first-order chi connectivity index (χ1) is 19.0. The molecular weight excluding hydrogens is 546 g/mol. The van der Waals surface area contributed by atoms with Crippen molar-refractivity contribution in [2.45, 2.75) is 69.5 Å². The summed E-state index contributed by atoms with van der Waals surface area (Å²) in [5, 5.41) is 22.9. The summed E-state index contributed by atoms with van der Waals surface area (Å²) < 4.78 is 65.2. The Kier molecular flexibility index (Phi) is 6.87. The van der Waals surface area contributed by atoms with Crippen molar-refractivity contribution in [2.75, 3.05) is 25.3 Å². The summed E-state index contributed by atoms with van der Waals surface area (Å²) in [4.78, 5) is 8.35. The molecule has 1 aliphatic carbocycles. The fourth-order valence-electron chi connectivity index (χ4n) is 5.64. The monoisotopic (exact) mass is 577 g/mol. The van der Waals surface area contributed by atoms with Crippen LogP contribution in [0.25, 0.3) is 27.9 Å². The van der Waals surface area contributed by atoms with Gasteiger partial charge in [-0.3, -0.25) is 0 Å². The normalized spacial score (nSPS) is 22.7. The van der Waals surface area contributed by atoms with Gasteiger partial charge in [-0.25, -0.2) is 19.2 Å². The largest absolute Gasteiger partial charge is 0.420 e. The predicted octanol–water partition coefficient (Wildman–Crippen LogP) is 4.82. The Labute approximate surface area is 228 Å². The summed E-state index contributed by atoms with van der Waals surface area (Å²) in [6, 6.07) is 4.99. The lowest BCUT2D eigenvalue weighted by Gasteiger charge is -2.26. The highest BCUT2D eigenvalue weighted by molar-refractivity contribution is 7.69. The van der Waals surface area contributed by atoms with E-state index in [0.717, 1.165) is 31.9 Å². The number of halogens is 3. The molecule has 2 aliphatic rings. The molecule has 6 rings (SSSR count). The van der Waals surface area contributed by atoms with Crippen molar-refractivity contribution in [3.05, 3.63) is 30.0 Å². The zero-order valence-corrected chi connectivity index (χ0v) is 23.1. The maximum absolute atomic E-state index is 14.3. The molecule has 10 nitrogen and oxygen atoms in total. The first-order valence-electron chi connectivity index (χ1n) is 13.5. The van der Waals surface area contributed by atoms with Gasteiger partial charge in [-0.1, -0.05) is 6.07 Å². The van der Waals surface area contributed by atoms with Crippen LogP contribution in [-0.2, 0) is 15.5 Å². The van der Waals surface area contributed by atoms with Gasteiger partial charge in [0.15, 0.2) is 11.9 Å². The third-order valence-corrected chi connectivity index (χ3v) is 9.00. The van der Waals surface area contributed by atoms with Crippen molar-refractivity contribution in [3.63, 3.8) is 0 Å². The van der Waals surface area contributed by atoms with Gasteiger partial charge in [0.1, 0.15) is 29.5 Å². The molecule has 1 saturated heterocycles. The molecule has 1 unspecified atom stereocenters. The number of ether oxygens (including phenoxy) is 1. The Morgan fingerprint density at radius 2 is 1.93 bits per heavy atom. The lowest BCUT2D eigenvalue weighted by molar-refractivity contribution is -0.137. The number of rotatable bonds is 5. The summed E-state index contributed by atoms with van der Waals surface area (Å²) in [5.74, 6) is 0.0301. The van der Waals surface area contributed by atoms with Gasteiger partial charge >= 0.3 is 6.18 Å². The van der Waals surface area contributed by atoms with Crippen molar-refractivity contribution in [3.8, 4) is 11.4 Å². The molecule has 4 aromatic heterocycles. The average Bonchev–Trinajstić information content (AvgIpc) is 3.45. The molecule has 2 N–H and O–H groups in total. The van der Waals surface area contributed by atoms with Crippen LogP contribution in [0.4, 0.5) is 19.1 Å². The van der Waals surface area contributed by atoms with Crippen molar-refractivity contribution >= 4 is 35.1 Å². The highest BCUT2D eigenvalue weighted by Gasteiger charge is 2.38. The second-order valence-corrected chi connectivity index (χ2v) is 14.1.